The van der Waals surface area contributed by atoms with Gasteiger partial charge in [-0.1, -0.05) is 36.8 Å². The molecule has 1 saturated heterocycles. The number of benzene rings is 1. The minimum absolute atomic E-state index is 0.206. The van der Waals surface area contributed by atoms with Crippen LogP contribution in [-0.4, -0.2) is 43.7 Å². The normalized spacial score (nSPS) is 21.3. The quantitative estimate of drug-likeness (QED) is 0.617. The Kier molecular flexibility index (Phi) is 5.46. The number of hydrogen-bond acceptors (Lipinski definition) is 3. The van der Waals surface area contributed by atoms with Gasteiger partial charge in [-0.3, -0.25) is 4.99 Å². The molecule has 1 atom stereocenters. The first-order valence-corrected chi connectivity index (χ1v) is 10.1. The molecular formula is C22H28FN5. The van der Waals surface area contributed by atoms with Crippen molar-refractivity contribution in [2.24, 2.45) is 4.99 Å². The standard InChI is InChI=1S/C22H28FN5/c1-24-21(26-16-22(11-6-12-22)17-7-3-2-4-8-17)27-18-10-14-28(15-18)20-19(23)9-5-13-25-20/h2-5,7-9,13,18H,6,10-12,14-16H2,1H3,(H2,24,26,27). The lowest BCUT2D eigenvalue weighted by Crippen LogP contribution is -2.51. The first-order chi connectivity index (χ1) is 13.7. The zero-order chi connectivity index (χ0) is 19.4. The molecular weight excluding hydrogens is 353 g/mol. The minimum Gasteiger partial charge on any atom is -0.356 e. The monoisotopic (exact) mass is 381 g/mol. The van der Waals surface area contributed by atoms with Gasteiger partial charge in [0.25, 0.3) is 0 Å². The molecule has 1 aromatic heterocycles. The molecule has 2 aromatic rings. The van der Waals surface area contributed by atoms with Gasteiger partial charge in [0.15, 0.2) is 17.6 Å². The summed E-state index contributed by atoms with van der Waals surface area (Å²) < 4.78 is 14.0. The summed E-state index contributed by atoms with van der Waals surface area (Å²) in [6.07, 6.45) is 6.26. The summed E-state index contributed by atoms with van der Waals surface area (Å²) in [5.41, 5.74) is 1.61. The highest BCUT2D eigenvalue weighted by Crippen LogP contribution is 2.43. The molecule has 1 aromatic carbocycles. The van der Waals surface area contributed by atoms with Crippen LogP contribution in [0.2, 0.25) is 0 Å². The first-order valence-electron chi connectivity index (χ1n) is 10.1. The van der Waals surface area contributed by atoms with Gasteiger partial charge in [-0.2, -0.15) is 0 Å². The summed E-state index contributed by atoms with van der Waals surface area (Å²) in [7, 11) is 1.80. The lowest BCUT2D eigenvalue weighted by atomic mass is 9.64. The molecule has 1 aliphatic carbocycles. The summed E-state index contributed by atoms with van der Waals surface area (Å²) in [6, 6.07) is 14.1. The number of nitrogens with zero attached hydrogens (tertiary/aromatic N) is 3. The maximum atomic E-state index is 14.0. The zero-order valence-electron chi connectivity index (χ0n) is 16.4. The van der Waals surface area contributed by atoms with Gasteiger partial charge in [0.05, 0.1) is 0 Å². The molecule has 5 nitrogen and oxygen atoms in total. The average Bonchev–Trinajstić information content (AvgIpc) is 3.15. The van der Waals surface area contributed by atoms with Crippen molar-refractivity contribution in [2.45, 2.75) is 37.1 Å². The summed E-state index contributed by atoms with van der Waals surface area (Å²) in [5, 5.41) is 7.04. The van der Waals surface area contributed by atoms with Crippen molar-refractivity contribution < 1.29 is 4.39 Å². The van der Waals surface area contributed by atoms with E-state index >= 15 is 0 Å². The van der Waals surface area contributed by atoms with Crippen molar-refractivity contribution >= 4 is 11.8 Å². The van der Waals surface area contributed by atoms with Gasteiger partial charge in [0, 0.05) is 44.3 Å². The fourth-order valence-corrected chi connectivity index (χ4v) is 4.28. The predicted octanol–water partition coefficient (Wildman–Crippen LogP) is 3.09. The lowest BCUT2D eigenvalue weighted by Gasteiger charge is -2.43. The number of guanidine groups is 1. The van der Waals surface area contributed by atoms with Crippen molar-refractivity contribution in [3.05, 3.63) is 60.0 Å². The Labute approximate surface area is 166 Å². The predicted molar refractivity (Wildman–Crippen MR) is 111 cm³/mol. The smallest absolute Gasteiger partial charge is 0.191 e. The highest BCUT2D eigenvalue weighted by atomic mass is 19.1. The SMILES string of the molecule is CN=C(NCC1(c2ccccc2)CCC1)NC1CCN(c2ncccc2F)C1. The van der Waals surface area contributed by atoms with Gasteiger partial charge in [0.1, 0.15) is 0 Å². The van der Waals surface area contributed by atoms with E-state index in [1.165, 1.54) is 30.9 Å². The molecule has 0 spiro atoms. The Morgan fingerprint density at radius 3 is 2.75 bits per heavy atom. The molecule has 0 radical (unpaired) electrons. The van der Waals surface area contributed by atoms with E-state index in [4.69, 9.17) is 0 Å². The van der Waals surface area contributed by atoms with E-state index in [2.05, 4.69) is 50.9 Å². The van der Waals surface area contributed by atoms with Crippen molar-refractivity contribution in [3.63, 3.8) is 0 Å². The summed E-state index contributed by atoms with van der Waals surface area (Å²) in [6.45, 7) is 2.39. The molecule has 1 saturated carbocycles. The minimum atomic E-state index is -0.263. The maximum Gasteiger partial charge on any atom is 0.191 e. The number of nitrogens with one attached hydrogen (secondary N) is 2. The van der Waals surface area contributed by atoms with E-state index in [1.54, 1.807) is 19.3 Å². The third-order valence-electron chi connectivity index (χ3n) is 6.08. The Morgan fingerprint density at radius 1 is 1.25 bits per heavy atom. The maximum absolute atomic E-state index is 14.0. The number of aromatic nitrogens is 1. The van der Waals surface area contributed by atoms with Gasteiger partial charge in [-0.05, 0) is 37.0 Å². The number of halogens is 1. The molecule has 1 aliphatic heterocycles. The second kappa shape index (κ2) is 8.17. The number of pyridine rings is 1. The molecule has 2 heterocycles. The first kappa shape index (κ1) is 18.7. The van der Waals surface area contributed by atoms with Crippen molar-refractivity contribution in [3.8, 4) is 0 Å². The van der Waals surface area contributed by atoms with E-state index < -0.39 is 0 Å². The highest BCUT2D eigenvalue weighted by Gasteiger charge is 2.38. The van der Waals surface area contributed by atoms with Crippen LogP contribution in [-0.2, 0) is 5.41 Å². The molecule has 0 bridgehead atoms. The molecule has 4 rings (SSSR count). The molecule has 28 heavy (non-hydrogen) atoms. The van der Waals surface area contributed by atoms with Crippen LogP contribution in [0.15, 0.2) is 53.7 Å². The van der Waals surface area contributed by atoms with E-state index in [9.17, 15) is 4.39 Å². The molecule has 148 valence electrons. The van der Waals surface area contributed by atoms with Gasteiger partial charge in [0.2, 0.25) is 0 Å². The van der Waals surface area contributed by atoms with Crippen LogP contribution >= 0.6 is 0 Å². The van der Waals surface area contributed by atoms with Gasteiger partial charge < -0.3 is 15.5 Å². The Morgan fingerprint density at radius 2 is 2.07 bits per heavy atom. The Bertz CT molecular complexity index is 819. The third-order valence-corrected chi connectivity index (χ3v) is 6.08. The number of rotatable bonds is 5. The molecule has 1 unspecified atom stereocenters. The summed E-state index contributed by atoms with van der Waals surface area (Å²) in [5.74, 6) is 0.989. The van der Waals surface area contributed by atoms with Crippen LogP contribution in [0.3, 0.4) is 0 Å². The molecule has 2 aliphatic rings. The third kappa shape index (κ3) is 3.81. The van der Waals surface area contributed by atoms with Crippen LogP contribution in [0, 0.1) is 5.82 Å². The van der Waals surface area contributed by atoms with Crippen molar-refractivity contribution in [1.82, 2.24) is 15.6 Å². The average molecular weight is 381 g/mol. The number of hydrogen-bond donors (Lipinski definition) is 2. The van der Waals surface area contributed by atoms with Gasteiger partial charge in [-0.15, -0.1) is 0 Å². The topological polar surface area (TPSA) is 52.6 Å². The zero-order valence-corrected chi connectivity index (χ0v) is 16.4. The molecule has 0 amide bonds. The second-order valence-corrected chi connectivity index (χ2v) is 7.81. The van der Waals surface area contributed by atoms with Gasteiger partial charge >= 0.3 is 0 Å². The van der Waals surface area contributed by atoms with E-state index in [1.807, 2.05) is 4.90 Å². The molecule has 6 heteroatoms. The van der Waals surface area contributed by atoms with Crippen molar-refractivity contribution in [2.75, 3.05) is 31.6 Å². The van der Waals surface area contributed by atoms with Crippen LogP contribution in [0.1, 0.15) is 31.2 Å². The number of anilines is 1. The lowest BCUT2D eigenvalue weighted by molar-refractivity contribution is 0.243. The summed E-state index contributed by atoms with van der Waals surface area (Å²) >= 11 is 0. The Balaban J connectivity index is 1.34. The van der Waals surface area contributed by atoms with Crippen LogP contribution in [0.25, 0.3) is 0 Å². The fraction of sp³-hybridized carbons (Fsp3) is 0.455. The highest BCUT2D eigenvalue weighted by molar-refractivity contribution is 5.80. The second-order valence-electron chi connectivity index (χ2n) is 7.81. The van der Waals surface area contributed by atoms with Crippen LogP contribution in [0.5, 0.6) is 0 Å². The van der Waals surface area contributed by atoms with Crippen molar-refractivity contribution in [1.29, 1.82) is 0 Å². The van der Waals surface area contributed by atoms with Crippen LogP contribution in [0.4, 0.5) is 10.2 Å². The fourth-order valence-electron chi connectivity index (χ4n) is 4.28. The van der Waals surface area contributed by atoms with Crippen LogP contribution < -0.4 is 15.5 Å². The van der Waals surface area contributed by atoms with E-state index in [0.717, 1.165) is 32.0 Å². The molecule has 2 N–H and O–H groups in total. The van der Waals surface area contributed by atoms with E-state index in [-0.39, 0.29) is 17.3 Å². The largest absolute Gasteiger partial charge is 0.356 e. The van der Waals surface area contributed by atoms with Gasteiger partial charge in [-0.25, -0.2) is 9.37 Å². The molecule has 2 fully saturated rings. The number of aliphatic imine (C=N–C) groups is 1. The summed E-state index contributed by atoms with van der Waals surface area (Å²) in [4.78, 5) is 10.6. The van der Waals surface area contributed by atoms with E-state index in [0.29, 0.717) is 5.82 Å². The Hall–Kier alpha value is -2.63.